The normalized spacial score (nSPS) is 12.3. The van der Waals surface area contributed by atoms with E-state index < -0.39 is 0 Å². The first-order valence-corrected chi connectivity index (χ1v) is 7.89. The van der Waals surface area contributed by atoms with Gasteiger partial charge in [-0.25, -0.2) is 4.98 Å². The highest BCUT2D eigenvalue weighted by atomic mass is 32.1. The molecule has 0 amide bonds. The molecule has 3 nitrogen and oxygen atoms in total. The van der Waals surface area contributed by atoms with Crippen LogP contribution >= 0.6 is 11.3 Å². The first kappa shape index (κ1) is 13.9. The summed E-state index contributed by atoms with van der Waals surface area (Å²) in [5.41, 5.74) is 3.41. The van der Waals surface area contributed by atoms with Gasteiger partial charge in [-0.2, -0.15) is 0 Å². The highest BCUT2D eigenvalue weighted by Gasteiger charge is 2.13. The Bertz CT molecular complexity index is 728. The molecule has 3 aromatic rings. The van der Waals surface area contributed by atoms with Gasteiger partial charge in [-0.1, -0.05) is 6.07 Å². The molecule has 108 valence electrons. The molecule has 1 unspecified atom stereocenters. The smallest absolute Gasteiger partial charge is 0.0901 e. The van der Waals surface area contributed by atoms with Crippen LogP contribution in [-0.4, -0.2) is 9.55 Å². The Hall–Kier alpha value is -2.07. The predicted octanol–water partition coefficient (Wildman–Crippen LogP) is 4.72. The van der Waals surface area contributed by atoms with E-state index in [4.69, 9.17) is 0 Å². The molecule has 0 aliphatic carbocycles. The van der Waals surface area contributed by atoms with Gasteiger partial charge in [0.05, 0.1) is 16.7 Å². The molecule has 2 heterocycles. The quantitative estimate of drug-likeness (QED) is 0.755. The summed E-state index contributed by atoms with van der Waals surface area (Å²) in [5.74, 6) is 0. The summed E-state index contributed by atoms with van der Waals surface area (Å²) in [6, 6.07) is 12.7. The summed E-state index contributed by atoms with van der Waals surface area (Å²) in [4.78, 5) is 5.92. The Labute approximate surface area is 129 Å². The molecule has 4 heteroatoms. The minimum atomic E-state index is 0.204. The van der Waals surface area contributed by atoms with Crippen LogP contribution in [0.15, 0.2) is 48.8 Å². The van der Waals surface area contributed by atoms with Gasteiger partial charge in [0.15, 0.2) is 0 Å². The van der Waals surface area contributed by atoms with Crippen LogP contribution in [0.2, 0.25) is 0 Å². The van der Waals surface area contributed by atoms with Crippen molar-refractivity contribution in [3.8, 4) is 5.69 Å². The minimum Gasteiger partial charge on any atom is -0.377 e. The lowest BCUT2D eigenvalue weighted by molar-refractivity contribution is 0.836. The van der Waals surface area contributed by atoms with E-state index in [1.165, 1.54) is 4.88 Å². The SMILES string of the molecule is Cc1nc(C(C)Nc2cccc(-n3cccc3)c2)c(C)s1. The molecule has 0 saturated carbocycles. The van der Waals surface area contributed by atoms with Crippen LogP contribution in [0.5, 0.6) is 0 Å². The monoisotopic (exact) mass is 297 g/mol. The van der Waals surface area contributed by atoms with Gasteiger partial charge >= 0.3 is 0 Å². The van der Waals surface area contributed by atoms with Crippen LogP contribution in [0.1, 0.15) is 28.5 Å². The topological polar surface area (TPSA) is 29.9 Å². The number of nitrogens with zero attached hydrogens (tertiary/aromatic N) is 2. The Balaban J connectivity index is 1.82. The lowest BCUT2D eigenvalue weighted by Crippen LogP contribution is -2.08. The highest BCUT2D eigenvalue weighted by Crippen LogP contribution is 2.26. The van der Waals surface area contributed by atoms with Gasteiger partial charge in [0.2, 0.25) is 0 Å². The van der Waals surface area contributed by atoms with Crippen molar-refractivity contribution in [1.82, 2.24) is 9.55 Å². The zero-order valence-electron chi connectivity index (χ0n) is 12.5. The van der Waals surface area contributed by atoms with E-state index in [1.807, 2.05) is 12.1 Å². The van der Waals surface area contributed by atoms with Gasteiger partial charge in [0.25, 0.3) is 0 Å². The molecular formula is C17H19N3S. The number of thiazole rings is 1. The molecule has 1 N–H and O–H groups in total. The molecular weight excluding hydrogens is 278 g/mol. The number of nitrogens with one attached hydrogen (secondary N) is 1. The highest BCUT2D eigenvalue weighted by molar-refractivity contribution is 7.11. The minimum absolute atomic E-state index is 0.204. The fourth-order valence-electron chi connectivity index (χ4n) is 2.53. The first-order chi connectivity index (χ1) is 10.1. The molecule has 21 heavy (non-hydrogen) atoms. The number of anilines is 1. The Morgan fingerprint density at radius 3 is 2.57 bits per heavy atom. The van der Waals surface area contributed by atoms with Crippen molar-refractivity contribution in [2.45, 2.75) is 26.8 Å². The molecule has 2 aromatic heterocycles. The predicted molar refractivity (Wildman–Crippen MR) is 89.4 cm³/mol. The van der Waals surface area contributed by atoms with Crippen LogP contribution in [0.3, 0.4) is 0 Å². The van der Waals surface area contributed by atoms with Gasteiger partial charge in [0.1, 0.15) is 0 Å². The third-order valence-corrected chi connectivity index (χ3v) is 4.38. The van der Waals surface area contributed by atoms with Crippen molar-refractivity contribution < 1.29 is 0 Å². The van der Waals surface area contributed by atoms with E-state index in [2.05, 4.69) is 72.3 Å². The van der Waals surface area contributed by atoms with Gasteiger partial charge in [-0.15, -0.1) is 11.3 Å². The zero-order chi connectivity index (χ0) is 14.8. The van der Waals surface area contributed by atoms with Crippen molar-refractivity contribution in [2.75, 3.05) is 5.32 Å². The van der Waals surface area contributed by atoms with Crippen molar-refractivity contribution >= 4 is 17.0 Å². The Kier molecular flexibility index (Phi) is 3.80. The average Bonchev–Trinajstić information content (AvgIpc) is 3.08. The molecule has 0 bridgehead atoms. The fourth-order valence-corrected chi connectivity index (χ4v) is 3.44. The maximum atomic E-state index is 4.63. The fraction of sp³-hybridized carbons (Fsp3) is 0.235. The van der Waals surface area contributed by atoms with Gasteiger partial charge < -0.3 is 9.88 Å². The number of rotatable bonds is 4. The van der Waals surface area contributed by atoms with Crippen LogP contribution in [0.25, 0.3) is 5.69 Å². The summed E-state index contributed by atoms with van der Waals surface area (Å²) >= 11 is 1.75. The third-order valence-electron chi connectivity index (χ3n) is 3.48. The van der Waals surface area contributed by atoms with Crippen molar-refractivity contribution in [2.24, 2.45) is 0 Å². The van der Waals surface area contributed by atoms with E-state index in [-0.39, 0.29) is 6.04 Å². The molecule has 0 aliphatic rings. The summed E-state index contributed by atoms with van der Waals surface area (Å²) in [6.07, 6.45) is 4.10. The number of hydrogen-bond acceptors (Lipinski definition) is 3. The number of hydrogen-bond donors (Lipinski definition) is 1. The van der Waals surface area contributed by atoms with E-state index in [0.717, 1.165) is 22.1 Å². The lowest BCUT2D eigenvalue weighted by Gasteiger charge is -2.15. The Morgan fingerprint density at radius 2 is 1.90 bits per heavy atom. The van der Waals surface area contributed by atoms with Crippen molar-refractivity contribution in [3.05, 3.63) is 64.4 Å². The molecule has 3 rings (SSSR count). The second kappa shape index (κ2) is 5.74. The van der Waals surface area contributed by atoms with E-state index in [0.29, 0.717) is 0 Å². The summed E-state index contributed by atoms with van der Waals surface area (Å²) in [5, 5.41) is 4.67. The molecule has 1 atom stereocenters. The standard InChI is InChI=1S/C17H19N3S/c1-12(17-13(2)21-14(3)19-17)18-15-7-6-8-16(11-15)20-9-4-5-10-20/h4-12,18H,1-3H3. The van der Waals surface area contributed by atoms with Crippen molar-refractivity contribution in [3.63, 3.8) is 0 Å². The molecule has 0 aliphatic heterocycles. The zero-order valence-corrected chi connectivity index (χ0v) is 13.3. The number of aryl methyl sites for hydroxylation is 2. The molecule has 0 radical (unpaired) electrons. The molecule has 1 aromatic carbocycles. The molecule has 0 saturated heterocycles. The average molecular weight is 297 g/mol. The first-order valence-electron chi connectivity index (χ1n) is 7.07. The summed E-state index contributed by atoms with van der Waals surface area (Å²) in [7, 11) is 0. The van der Waals surface area contributed by atoms with E-state index in [9.17, 15) is 0 Å². The van der Waals surface area contributed by atoms with Crippen LogP contribution < -0.4 is 5.32 Å². The van der Waals surface area contributed by atoms with Crippen molar-refractivity contribution in [1.29, 1.82) is 0 Å². The second-order valence-electron chi connectivity index (χ2n) is 5.18. The van der Waals surface area contributed by atoms with Crippen LogP contribution in [0, 0.1) is 13.8 Å². The maximum Gasteiger partial charge on any atom is 0.0901 e. The van der Waals surface area contributed by atoms with E-state index in [1.54, 1.807) is 11.3 Å². The van der Waals surface area contributed by atoms with Crippen LogP contribution in [0.4, 0.5) is 5.69 Å². The number of benzene rings is 1. The summed E-state index contributed by atoms with van der Waals surface area (Å²) in [6.45, 7) is 6.35. The van der Waals surface area contributed by atoms with Crippen LogP contribution in [-0.2, 0) is 0 Å². The maximum absolute atomic E-state index is 4.63. The Morgan fingerprint density at radius 1 is 1.14 bits per heavy atom. The van der Waals surface area contributed by atoms with Gasteiger partial charge in [-0.3, -0.25) is 0 Å². The van der Waals surface area contributed by atoms with Gasteiger partial charge in [0, 0.05) is 28.6 Å². The lowest BCUT2D eigenvalue weighted by atomic mass is 10.2. The second-order valence-corrected chi connectivity index (χ2v) is 6.59. The largest absolute Gasteiger partial charge is 0.377 e. The van der Waals surface area contributed by atoms with Gasteiger partial charge in [-0.05, 0) is 51.1 Å². The molecule has 0 fully saturated rings. The van der Waals surface area contributed by atoms with E-state index >= 15 is 0 Å². The molecule has 0 spiro atoms. The third kappa shape index (κ3) is 3.00. The number of aromatic nitrogens is 2. The summed E-state index contributed by atoms with van der Waals surface area (Å²) < 4.78 is 2.11.